The molecule has 0 aliphatic heterocycles. The number of nitrogen functional groups attached to an aromatic ring is 1. The minimum Gasteiger partial charge on any atom is -0.480 e. The van der Waals surface area contributed by atoms with Crippen LogP contribution in [0.1, 0.15) is 18.6 Å². The van der Waals surface area contributed by atoms with Crippen LogP contribution >= 0.6 is 0 Å². The molecule has 0 aromatic heterocycles. The average molecular weight is 303 g/mol. The van der Waals surface area contributed by atoms with Gasteiger partial charge in [-0.15, -0.1) is 0 Å². The molecule has 7 heteroatoms. The van der Waals surface area contributed by atoms with Crippen molar-refractivity contribution in [2.75, 3.05) is 5.73 Å². The Morgan fingerprint density at radius 1 is 0.905 bits per heavy atom. The first-order valence-corrected chi connectivity index (χ1v) is 5.86. The maximum absolute atomic E-state index is 13.5. The SMILES string of the molecule is CC(Oc1c(F)c(F)c(F)c(F)c1F)c1cccc(N)c1. The van der Waals surface area contributed by atoms with E-state index in [1.807, 2.05) is 0 Å². The van der Waals surface area contributed by atoms with Gasteiger partial charge in [0, 0.05) is 5.69 Å². The van der Waals surface area contributed by atoms with Crippen LogP contribution in [0.4, 0.5) is 27.6 Å². The molecule has 21 heavy (non-hydrogen) atoms. The van der Waals surface area contributed by atoms with Gasteiger partial charge in [-0.25, -0.2) is 13.2 Å². The van der Waals surface area contributed by atoms with Crippen LogP contribution in [0.2, 0.25) is 0 Å². The van der Waals surface area contributed by atoms with Crippen LogP contribution < -0.4 is 10.5 Å². The molecule has 0 radical (unpaired) electrons. The second kappa shape index (κ2) is 5.59. The summed E-state index contributed by atoms with van der Waals surface area (Å²) < 4.78 is 70.9. The minimum absolute atomic E-state index is 0.375. The molecule has 0 heterocycles. The molecular formula is C14H10F5NO. The van der Waals surface area contributed by atoms with Gasteiger partial charge in [0.05, 0.1) is 0 Å². The lowest BCUT2D eigenvalue weighted by atomic mass is 10.1. The highest BCUT2D eigenvalue weighted by Crippen LogP contribution is 2.32. The zero-order valence-corrected chi connectivity index (χ0v) is 10.8. The molecule has 0 bridgehead atoms. The van der Waals surface area contributed by atoms with E-state index in [2.05, 4.69) is 0 Å². The third-order valence-electron chi connectivity index (χ3n) is 2.84. The minimum atomic E-state index is -2.23. The Hall–Kier alpha value is -2.31. The topological polar surface area (TPSA) is 35.2 Å². The summed E-state index contributed by atoms with van der Waals surface area (Å²) in [6.45, 7) is 1.40. The van der Waals surface area contributed by atoms with E-state index in [1.165, 1.54) is 13.0 Å². The van der Waals surface area contributed by atoms with Gasteiger partial charge in [0.25, 0.3) is 0 Å². The Bertz CT molecular complexity index is 660. The summed E-state index contributed by atoms with van der Waals surface area (Å²) >= 11 is 0. The fraction of sp³-hybridized carbons (Fsp3) is 0.143. The van der Waals surface area contributed by atoms with Crippen LogP contribution in [0, 0.1) is 29.1 Å². The number of hydrogen-bond donors (Lipinski definition) is 1. The summed E-state index contributed by atoms with van der Waals surface area (Å²) in [7, 11) is 0. The number of ether oxygens (including phenoxy) is 1. The van der Waals surface area contributed by atoms with E-state index < -0.39 is 40.9 Å². The van der Waals surface area contributed by atoms with Gasteiger partial charge in [0.2, 0.25) is 29.1 Å². The molecule has 0 saturated heterocycles. The molecule has 0 saturated carbocycles. The van der Waals surface area contributed by atoms with Crippen molar-refractivity contribution >= 4 is 5.69 Å². The van der Waals surface area contributed by atoms with Gasteiger partial charge < -0.3 is 10.5 Å². The molecule has 2 rings (SSSR count). The molecule has 0 aliphatic rings. The molecule has 0 spiro atoms. The van der Waals surface area contributed by atoms with Gasteiger partial charge in [-0.3, -0.25) is 0 Å². The van der Waals surface area contributed by atoms with Crippen molar-refractivity contribution in [2.45, 2.75) is 13.0 Å². The summed E-state index contributed by atoms with van der Waals surface area (Å²) in [5.41, 5.74) is 6.35. The van der Waals surface area contributed by atoms with Gasteiger partial charge in [0.15, 0.2) is 5.75 Å². The molecular weight excluding hydrogens is 293 g/mol. The summed E-state index contributed by atoms with van der Waals surface area (Å²) in [6.07, 6.45) is -0.957. The predicted octanol–water partition coefficient (Wildman–Crippen LogP) is 4.10. The van der Waals surface area contributed by atoms with Crippen molar-refractivity contribution < 1.29 is 26.7 Å². The van der Waals surface area contributed by atoms with Gasteiger partial charge in [0.1, 0.15) is 6.10 Å². The first kappa shape index (κ1) is 15.1. The molecule has 2 N–H and O–H groups in total. The van der Waals surface area contributed by atoms with Crippen molar-refractivity contribution in [1.82, 2.24) is 0 Å². The fourth-order valence-corrected chi connectivity index (χ4v) is 1.74. The highest BCUT2D eigenvalue weighted by Gasteiger charge is 2.28. The van der Waals surface area contributed by atoms with E-state index in [4.69, 9.17) is 10.5 Å². The lowest BCUT2D eigenvalue weighted by molar-refractivity contribution is 0.195. The molecule has 2 nitrogen and oxygen atoms in total. The van der Waals surface area contributed by atoms with E-state index in [0.717, 1.165) is 0 Å². The summed E-state index contributed by atoms with van der Waals surface area (Å²) in [5, 5.41) is 0. The Labute approximate surface area is 116 Å². The zero-order chi connectivity index (χ0) is 15.7. The molecule has 0 fully saturated rings. The second-order valence-corrected chi connectivity index (χ2v) is 4.33. The lowest BCUT2D eigenvalue weighted by Gasteiger charge is -2.17. The first-order chi connectivity index (χ1) is 9.82. The molecule has 1 atom stereocenters. The maximum atomic E-state index is 13.5. The highest BCUT2D eigenvalue weighted by atomic mass is 19.2. The van der Waals surface area contributed by atoms with Crippen molar-refractivity contribution in [2.24, 2.45) is 0 Å². The van der Waals surface area contributed by atoms with Crippen LogP contribution in [-0.2, 0) is 0 Å². The quantitative estimate of drug-likeness (QED) is 0.401. The van der Waals surface area contributed by atoms with Crippen molar-refractivity contribution in [3.05, 3.63) is 58.9 Å². The average Bonchev–Trinajstić information content (AvgIpc) is 2.47. The summed E-state index contributed by atoms with van der Waals surface area (Å²) in [6, 6.07) is 6.17. The standard InChI is InChI=1S/C14H10F5NO/c1-6(7-3-2-4-8(20)5-7)21-14-12(18)10(16)9(15)11(17)13(14)19/h2-6H,20H2,1H3. The number of rotatable bonds is 3. The Morgan fingerprint density at radius 2 is 1.43 bits per heavy atom. The number of halogens is 5. The van der Waals surface area contributed by atoms with E-state index in [9.17, 15) is 22.0 Å². The molecule has 112 valence electrons. The van der Waals surface area contributed by atoms with Crippen LogP contribution in [0.25, 0.3) is 0 Å². The zero-order valence-electron chi connectivity index (χ0n) is 10.8. The van der Waals surface area contributed by atoms with Crippen molar-refractivity contribution in [1.29, 1.82) is 0 Å². The molecule has 0 aliphatic carbocycles. The van der Waals surface area contributed by atoms with Crippen LogP contribution in [0.5, 0.6) is 5.75 Å². The monoisotopic (exact) mass is 303 g/mol. The van der Waals surface area contributed by atoms with Crippen LogP contribution in [0.15, 0.2) is 24.3 Å². The largest absolute Gasteiger partial charge is 0.480 e. The Balaban J connectivity index is 2.40. The normalized spacial score (nSPS) is 12.3. The number of hydrogen-bond acceptors (Lipinski definition) is 2. The number of anilines is 1. The summed E-state index contributed by atoms with van der Waals surface area (Å²) in [4.78, 5) is 0. The first-order valence-electron chi connectivity index (χ1n) is 5.86. The van der Waals surface area contributed by atoms with Crippen molar-refractivity contribution in [3.63, 3.8) is 0 Å². The van der Waals surface area contributed by atoms with Gasteiger partial charge >= 0.3 is 0 Å². The number of benzene rings is 2. The predicted molar refractivity (Wildman–Crippen MR) is 66.1 cm³/mol. The van der Waals surface area contributed by atoms with Gasteiger partial charge in [-0.1, -0.05) is 12.1 Å². The van der Waals surface area contributed by atoms with E-state index >= 15 is 0 Å². The molecule has 2 aromatic rings. The third-order valence-corrected chi connectivity index (χ3v) is 2.84. The Kier molecular flexibility index (Phi) is 4.02. The lowest BCUT2D eigenvalue weighted by Crippen LogP contribution is -2.10. The molecule has 1 unspecified atom stereocenters. The highest BCUT2D eigenvalue weighted by molar-refractivity contribution is 5.41. The third kappa shape index (κ3) is 2.76. The maximum Gasteiger partial charge on any atom is 0.207 e. The fourth-order valence-electron chi connectivity index (χ4n) is 1.74. The second-order valence-electron chi connectivity index (χ2n) is 4.33. The van der Waals surface area contributed by atoms with Crippen LogP contribution in [-0.4, -0.2) is 0 Å². The van der Waals surface area contributed by atoms with Crippen molar-refractivity contribution in [3.8, 4) is 5.75 Å². The van der Waals surface area contributed by atoms with Gasteiger partial charge in [-0.05, 0) is 24.6 Å². The Morgan fingerprint density at radius 3 is 1.95 bits per heavy atom. The van der Waals surface area contributed by atoms with E-state index in [-0.39, 0.29) is 0 Å². The van der Waals surface area contributed by atoms with Crippen LogP contribution in [0.3, 0.4) is 0 Å². The number of nitrogens with two attached hydrogens (primary N) is 1. The molecule has 0 amide bonds. The molecule has 2 aromatic carbocycles. The van der Waals surface area contributed by atoms with Gasteiger partial charge in [-0.2, -0.15) is 8.78 Å². The van der Waals surface area contributed by atoms with E-state index in [1.54, 1.807) is 18.2 Å². The smallest absolute Gasteiger partial charge is 0.207 e. The van der Waals surface area contributed by atoms with E-state index in [0.29, 0.717) is 11.3 Å². The summed E-state index contributed by atoms with van der Waals surface area (Å²) in [5.74, 6) is -11.7.